The number of hydrogen-bond donors (Lipinski definition) is 2. The van der Waals surface area contributed by atoms with Gasteiger partial charge in [-0.1, -0.05) is 26.0 Å². The highest BCUT2D eigenvalue weighted by Gasteiger charge is 2.45. The number of amides is 2. The van der Waals surface area contributed by atoms with E-state index in [1.54, 1.807) is 11.8 Å². The van der Waals surface area contributed by atoms with E-state index in [1.807, 2.05) is 27.0 Å². The van der Waals surface area contributed by atoms with E-state index in [9.17, 15) is 14.7 Å². The van der Waals surface area contributed by atoms with Gasteiger partial charge in [0.25, 0.3) is 0 Å². The lowest BCUT2D eigenvalue weighted by Gasteiger charge is -2.35. The molecule has 0 radical (unpaired) electrons. The first kappa shape index (κ1) is 26.0. The second-order valence-corrected chi connectivity index (χ2v) is 11.5. The summed E-state index contributed by atoms with van der Waals surface area (Å²) in [5.41, 5.74) is 0.459. The molecule has 2 N–H and O–H groups in total. The van der Waals surface area contributed by atoms with Gasteiger partial charge in [0.1, 0.15) is 12.1 Å². The van der Waals surface area contributed by atoms with Gasteiger partial charge >= 0.3 is 0 Å². The first-order valence-corrected chi connectivity index (χ1v) is 12.9. The highest BCUT2D eigenvalue weighted by molar-refractivity contribution is 5.90. The van der Waals surface area contributed by atoms with Gasteiger partial charge in [-0.15, -0.1) is 5.10 Å². The monoisotopic (exact) mass is 491 g/mol. The van der Waals surface area contributed by atoms with Crippen LogP contribution in [0.3, 0.4) is 0 Å². The molecule has 3 fully saturated rings. The van der Waals surface area contributed by atoms with Gasteiger partial charge in [0.15, 0.2) is 0 Å². The Labute approximate surface area is 207 Å². The fourth-order valence-corrected chi connectivity index (χ4v) is 5.38. The predicted octanol–water partition coefficient (Wildman–Crippen LogP) is 1.65. The molecule has 2 saturated heterocycles. The van der Waals surface area contributed by atoms with Gasteiger partial charge in [-0.25, -0.2) is 4.68 Å². The molecule has 1 saturated carbocycles. The molecule has 1 unspecified atom stereocenters. The molecule has 1 aromatic heterocycles. The number of methoxy groups -OCH3 is 1. The smallest absolute Gasteiger partial charge is 0.248 e. The molecule has 4 atom stereocenters. The van der Waals surface area contributed by atoms with E-state index >= 15 is 0 Å². The Balaban J connectivity index is 1.48. The van der Waals surface area contributed by atoms with Crippen LogP contribution in [0.15, 0.2) is 6.20 Å². The molecule has 2 aliphatic heterocycles. The van der Waals surface area contributed by atoms with Crippen molar-refractivity contribution >= 4 is 11.8 Å². The maximum absolute atomic E-state index is 13.9. The predicted molar refractivity (Wildman–Crippen MR) is 129 cm³/mol. The van der Waals surface area contributed by atoms with Crippen LogP contribution >= 0.6 is 0 Å². The third-order valence-electron chi connectivity index (χ3n) is 7.38. The average Bonchev–Trinajstić information content (AvgIpc) is 3.40. The van der Waals surface area contributed by atoms with Crippen molar-refractivity contribution in [2.45, 2.75) is 89.4 Å². The van der Waals surface area contributed by atoms with E-state index in [0.29, 0.717) is 18.4 Å². The second kappa shape index (κ2) is 10.9. The second-order valence-electron chi connectivity index (χ2n) is 11.5. The fourth-order valence-electron chi connectivity index (χ4n) is 5.38. The van der Waals surface area contributed by atoms with Crippen LogP contribution in [0.4, 0.5) is 0 Å². The molecule has 35 heavy (non-hydrogen) atoms. The molecule has 10 heteroatoms. The number of nitrogens with zero attached hydrogens (tertiary/aromatic N) is 4. The number of β-amino-alcohol motifs (C(OH)–C–C–N with tert-alkyl or cyclic N) is 1. The van der Waals surface area contributed by atoms with Gasteiger partial charge in [0, 0.05) is 45.4 Å². The molecule has 196 valence electrons. The third kappa shape index (κ3) is 6.40. The normalized spacial score (nSPS) is 25.5. The number of likely N-dealkylation sites (tertiary alicyclic amines) is 1. The molecule has 0 bridgehead atoms. The number of carbonyl (C=O) groups is 2. The number of aromatic nitrogens is 3. The minimum Gasteiger partial charge on any atom is -0.391 e. The maximum atomic E-state index is 13.9. The molecule has 3 heterocycles. The van der Waals surface area contributed by atoms with Crippen LogP contribution in [0.2, 0.25) is 0 Å². The summed E-state index contributed by atoms with van der Waals surface area (Å²) in [5.74, 6) is 0.442. The zero-order chi connectivity index (χ0) is 25.2. The van der Waals surface area contributed by atoms with Crippen LogP contribution in [0, 0.1) is 11.3 Å². The number of aliphatic hydroxyl groups excluding tert-OH is 1. The van der Waals surface area contributed by atoms with Crippen molar-refractivity contribution in [1.29, 1.82) is 0 Å². The van der Waals surface area contributed by atoms with Crippen LogP contribution in [0.5, 0.6) is 0 Å². The Morgan fingerprint density at radius 1 is 1.26 bits per heavy atom. The van der Waals surface area contributed by atoms with Crippen molar-refractivity contribution in [2.24, 2.45) is 11.3 Å². The van der Waals surface area contributed by atoms with Crippen LogP contribution < -0.4 is 5.32 Å². The minimum atomic E-state index is -0.746. The van der Waals surface area contributed by atoms with E-state index in [1.165, 1.54) is 4.90 Å². The van der Waals surface area contributed by atoms with Crippen molar-refractivity contribution in [3.63, 3.8) is 0 Å². The van der Waals surface area contributed by atoms with E-state index in [2.05, 4.69) is 15.6 Å². The molecular formula is C25H41N5O5. The number of rotatable bonds is 9. The van der Waals surface area contributed by atoms with Gasteiger partial charge in [0.2, 0.25) is 11.8 Å². The van der Waals surface area contributed by atoms with Crippen LogP contribution in [-0.2, 0) is 19.1 Å². The zero-order valence-corrected chi connectivity index (χ0v) is 21.5. The third-order valence-corrected chi connectivity index (χ3v) is 7.38. The van der Waals surface area contributed by atoms with Gasteiger partial charge in [-0.3, -0.25) is 9.59 Å². The number of ether oxygens (including phenoxy) is 2. The van der Waals surface area contributed by atoms with Gasteiger partial charge < -0.3 is 24.8 Å². The minimum absolute atomic E-state index is 0.128. The number of carbonyl (C=O) groups excluding carboxylic acids is 2. The lowest BCUT2D eigenvalue weighted by Crippen LogP contribution is -2.53. The Morgan fingerprint density at radius 3 is 2.60 bits per heavy atom. The summed E-state index contributed by atoms with van der Waals surface area (Å²) in [5, 5.41) is 22.2. The van der Waals surface area contributed by atoms with Gasteiger partial charge in [-0.05, 0) is 43.4 Å². The number of nitrogens with one attached hydrogen (secondary N) is 1. The zero-order valence-electron chi connectivity index (χ0n) is 21.5. The summed E-state index contributed by atoms with van der Waals surface area (Å²) in [4.78, 5) is 28.8. The SMILES string of the molecule is COCC(CC1CCOCC1)NC(=O)[C@@H]1C[C@@H](O)CN1C(=O)[C@@H](n1cc(C2CC2)nn1)C(C)(C)C. The molecular weight excluding hydrogens is 450 g/mol. The lowest BCUT2D eigenvalue weighted by molar-refractivity contribution is -0.144. The lowest BCUT2D eigenvalue weighted by atomic mass is 9.85. The molecule has 1 aliphatic carbocycles. The van der Waals surface area contributed by atoms with E-state index in [0.717, 1.165) is 51.0 Å². The van der Waals surface area contributed by atoms with Crippen molar-refractivity contribution in [1.82, 2.24) is 25.2 Å². The molecule has 4 rings (SSSR count). The van der Waals surface area contributed by atoms with Crippen molar-refractivity contribution in [2.75, 3.05) is 33.5 Å². The first-order valence-electron chi connectivity index (χ1n) is 12.9. The Kier molecular flexibility index (Phi) is 8.12. The molecule has 3 aliphatic rings. The highest BCUT2D eigenvalue weighted by Crippen LogP contribution is 2.40. The summed E-state index contributed by atoms with van der Waals surface area (Å²) in [6.07, 6.45) is 6.29. The Hall–Kier alpha value is -2.04. The number of aliphatic hydroxyl groups is 1. The van der Waals surface area contributed by atoms with Crippen LogP contribution in [0.1, 0.15) is 76.9 Å². The molecule has 10 nitrogen and oxygen atoms in total. The Morgan fingerprint density at radius 2 is 1.97 bits per heavy atom. The van der Waals surface area contributed by atoms with Crippen LogP contribution in [0.25, 0.3) is 0 Å². The summed E-state index contributed by atoms with van der Waals surface area (Å²) >= 11 is 0. The molecule has 0 aromatic carbocycles. The molecule has 0 spiro atoms. The summed E-state index contributed by atoms with van der Waals surface area (Å²) in [6.45, 7) is 7.97. The maximum Gasteiger partial charge on any atom is 0.248 e. The topological polar surface area (TPSA) is 119 Å². The van der Waals surface area contributed by atoms with Crippen molar-refractivity contribution in [3.8, 4) is 0 Å². The highest BCUT2D eigenvalue weighted by atomic mass is 16.5. The largest absolute Gasteiger partial charge is 0.391 e. The van der Waals surface area contributed by atoms with Crippen molar-refractivity contribution in [3.05, 3.63) is 11.9 Å². The fraction of sp³-hybridized carbons (Fsp3) is 0.840. The molecule has 2 amide bonds. The number of hydrogen-bond acceptors (Lipinski definition) is 7. The van der Waals surface area contributed by atoms with Crippen molar-refractivity contribution < 1.29 is 24.2 Å². The standard InChI is InChI=1S/C25H41N5O5/c1-25(2,3)22(30-14-20(27-28-30)17-5-6-17)24(33)29-13-19(31)12-21(29)23(32)26-18(15-34-4)11-16-7-9-35-10-8-16/h14,16-19,21-22,31H,5-13,15H2,1-4H3,(H,26,32)/t18?,19-,21+,22-/m1/s1. The first-order chi connectivity index (χ1) is 16.7. The Bertz CT molecular complexity index is 874. The van der Waals surface area contributed by atoms with Gasteiger partial charge in [0.05, 0.1) is 24.4 Å². The summed E-state index contributed by atoms with van der Waals surface area (Å²) in [7, 11) is 1.63. The van der Waals surface area contributed by atoms with Crippen LogP contribution in [-0.4, -0.2) is 88.5 Å². The van der Waals surface area contributed by atoms with E-state index in [4.69, 9.17) is 9.47 Å². The average molecular weight is 492 g/mol. The summed E-state index contributed by atoms with van der Waals surface area (Å²) < 4.78 is 12.5. The van der Waals surface area contributed by atoms with E-state index in [-0.39, 0.29) is 30.8 Å². The molecule has 1 aromatic rings. The van der Waals surface area contributed by atoms with E-state index < -0.39 is 23.6 Å². The summed E-state index contributed by atoms with van der Waals surface area (Å²) in [6, 6.07) is -1.51. The quantitative estimate of drug-likeness (QED) is 0.539. The van der Waals surface area contributed by atoms with Gasteiger partial charge in [-0.2, -0.15) is 0 Å².